The second-order valence-corrected chi connectivity index (χ2v) is 8.28. The largest absolute Gasteiger partial charge is 0.366 e. The first kappa shape index (κ1) is 20.6. The van der Waals surface area contributed by atoms with Gasteiger partial charge in [0, 0.05) is 23.6 Å². The molecular weight excluding hydrogens is 408 g/mol. The number of rotatable bonds is 7. The summed E-state index contributed by atoms with van der Waals surface area (Å²) in [6.45, 7) is 6.88. The minimum absolute atomic E-state index is 0.0852. The fraction of sp³-hybridized carbons (Fsp3) is 0.150. The molecule has 0 bridgehead atoms. The van der Waals surface area contributed by atoms with Crippen LogP contribution < -0.4 is 11.1 Å². The summed E-state index contributed by atoms with van der Waals surface area (Å²) in [5.41, 5.74) is 7.57. The zero-order chi connectivity index (χ0) is 21.1. The van der Waals surface area contributed by atoms with Crippen molar-refractivity contribution in [2.45, 2.75) is 19.8 Å². The third-order valence-electron chi connectivity index (χ3n) is 4.23. The van der Waals surface area contributed by atoms with Crippen molar-refractivity contribution in [3.8, 4) is 11.1 Å². The predicted octanol–water partition coefficient (Wildman–Crippen LogP) is 3.71. The van der Waals surface area contributed by atoms with Gasteiger partial charge in [-0.15, -0.1) is 11.3 Å². The van der Waals surface area contributed by atoms with E-state index in [1.807, 2.05) is 24.4 Å². The number of anilines is 1. The van der Waals surface area contributed by atoms with Gasteiger partial charge in [-0.25, -0.2) is 4.98 Å². The van der Waals surface area contributed by atoms with E-state index in [-0.39, 0.29) is 23.2 Å². The molecule has 1 atom stereocenters. The number of nitrogens with zero attached hydrogens (tertiary/aromatic N) is 2. The van der Waals surface area contributed by atoms with Crippen LogP contribution in [0, 0.1) is 0 Å². The number of amides is 2. The van der Waals surface area contributed by atoms with Crippen molar-refractivity contribution in [1.82, 2.24) is 9.97 Å². The molecule has 29 heavy (non-hydrogen) atoms. The number of aromatic nitrogens is 2. The number of thiophene rings is 1. The molecule has 0 aliphatic rings. The van der Waals surface area contributed by atoms with Crippen molar-refractivity contribution in [3.63, 3.8) is 0 Å². The molecule has 0 saturated carbocycles. The van der Waals surface area contributed by atoms with Gasteiger partial charge < -0.3 is 11.1 Å². The van der Waals surface area contributed by atoms with Crippen molar-refractivity contribution in [2.24, 2.45) is 5.73 Å². The molecule has 3 rings (SSSR count). The average molecular weight is 427 g/mol. The Morgan fingerprint density at radius 2 is 1.93 bits per heavy atom. The highest BCUT2D eigenvalue weighted by Crippen LogP contribution is 2.31. The average Bonchev–Trinajstić information content (AvgIpc) is 3.36. The summed E-state index contributed by atoms with van der Waals surface area (Å²) in [5.74, 6) is -1.29. The zero-order valence-electron chi connectivity index (χ0n) is 15.8. The van der Waals surface area contributed by atoms with Crippen LogP contribution >= 0.6 is 22.7 Å². The van der Waals surface area contributed by atoms with Gasteiger partial charge in [-0.2, -0.15) is 0 Å². The Hall–Kier alpha value is -3.17. The summed E-state index contributed by atoms with van der Waals surface area (Å²) in [5, 5.41) is 5.09. The molecule has 3 N–H and O–H groups in total. The number of carbonyl (C=O) groups excluding carboxylic acids is 3. The number of carbonyl (C=O) groups is 3. The second kappa shape index (κ2) is 8.46. The van der Waals surface area contributed by atoms with Crippen LogP contribution in [0.2, 0.25) is 0 Å². The van der Waals surface area contributed by atoms with E-state index in [9.17, 15) is 14.4 Å². The van der Waals surface area contributed by atoms with Crippen LogP contribution in [-0.2, 0) is 9.59 Å². The number of hydrogen-bond donors (Lipinski definition) is 2. The molecule has 148 valence electrons. The molecule has 0 radical (unpaired) electrons. The first-order chi connectivity index (χ1) is 13.8. The molecule has 2 amide bonds. The molecular formula is C20H18N4O3S2. The van der Waals surface area contributed by atoms with E-state index in [2.05, 4.69) is 21.9 Å². The molecule has 0 aliphatic heterocycles. The number of ketones is 1. The summed E-state index contributed by atoms with van der Waals surface area (Å²) in [7, 11) is 0. The lowest BCUT2D eigenvalue weighted by Crippen LogP contribution is -2.17. The summed E-state index contributed by atoms with van der Waals surface area (Å²) >= 11 is 2.62. The van der Waals surface area contributed by atoms with Crippen LogP contribution in [-0.4, -0.2) is 27.6 Å². The molecule has 9 heteroatoms. The highest BCUT2D eigenvalue weighted by molar-refractivity contribution is 7.17. The Balaban J connectivity index is 1.71. The summed E-state index contributed by atoms with van der Waals surface area (Å²) in [6.07, 6.45) is 3.10. The van der Waals surface area contributed by atoms with Gasteiger partial charge >= 0.3 is 0 Å². The number of Topliss-reactive ketones (excluding diaryl/α,β-unsaturated/α-hetero) is 1. The Labute approximate surface area is 175 Å². The van der Waals surface area contributed by atoms with Crippen molar-refractivity contribution in [2.75, 3.05) is 5.32 Å². The summed E-state index contributed by atoms with van der Waals surface area (Å²) in [4.78, 5) is 44.7. The Bertz CT molecular complexity index is 1100. The Kier molecular flexibility index (Phi) is 6.00. The first-order valence-electron chi connectivity index (χ1n) is 8.58. The Morgan fingerprint density at radius 3 is 2.52 bits per heavy atom. The highest BCUT2D eigenvalue weighted by Gasteiger charge is 2.19. The maximum Gasteiger partial charge on any atom is 0.250 e. The maximum absolute atomic E-state index is 12.5. The van der Waals surface area contributed by atoms with E-state index in [1.54, 1.807) is 12.3 Å². The lowest BCUT2D eigenvalue weighted by molar-refractivity contribution is -0.117. The van der Waals surface area contributed by atoms with E-state index in [0.29, 0.717) is 15.7 Å². The van der Waals surface area contributed by atoms with E-state index in [0.717, 1.165) is 27.3 Å². The van der Waals surface area contributed by atoms with Crippen LogP contribution in [0.5, 0.6) is 0 Å². The van der Waals surface area contributed by atoms with Crippen LogP contribution in [0.15, 0.2) is 42.6 Å². The van der Waals surface area contributed by atoms with Gasteiger partial charge in [-0.3, -0.25) is 19.4 Å². The van der Waals surface area contributed by atoms with E-state index in [1.165, 1.54) is 24.5 Å². The standard InChI is InChI=1S/C20H18N4O3S2/c1-10(18(21)26)15-5-4-13(7-22-15)14-6-16(28-9-14)11(2)19(27)24-20-23-8-17(29-20)12(3)25/h4-9,11H,1H2,2-3H3,(H2,21,26)(H,23,24,27). The lowest BCUT2D eigenvalue weighted by Gasteiger charge is -2.08. The SMILES string of the molecule is C=C(C(N)=O)c1ccc(-c2csc(C(C)C(=O)Nc3ncc(C(C)=O)s3)c2)cn1. The molecule has 0 aromatic carbocycles. The first-order valence-corrected chi connectivity index (χ1v) is 10.3. The topological polar surface area (TPSA) is 115 Å². The smallest absolute Gasteiger partial charge is 0.250 e. The van der Waals surface area contributed by atoms with E-state index >= 15 is 0 Å². The molecule has 0 fully saturated rings. The molecule has 0 aliphatic carbocycles. The Morgan fingerprint density at radius 1 is 1.17 bits per heavy atom. The fourth-order valence-electron chi connectivity index (χ4n) is 2.44. The minimum atomic E-state index is -0.612. The van der Waals surface area contributed by atoms with Gasteiger partial charge in [0.1, 0.15) is 0 Å². The predicted molar refractivity (Wildman–Crippen MR) is 115 cm³/mol. The molecule has 0 saturated heterocycles. The van der Waals surface area contributed by atoms with Gasteiger partial charge in [0.05, 0.1) is 28.3 Å². The molecule has 3 heterocycles. The van der Waals surface area contributed by atoms with Gasteiger partial charge in [0.15, 0.2) is 10.9 Å². The van der Waals surface area contributed by atoms with Gasteiger partial charge in [0.25, 0.3) is 0 Å². The zero-order valence-corrected chi connectivity index (χ0v) is 17.4. The van der Waals surface area contributed by atoms with Gasteiger partial charge in [0.2, 0.25) is 11.8 Å². The van der Waals surface area contributed by atoms with Crippen LogP contribution in [0.3, 0.4) is 0 Å². The normalized spacial score (nSPS) is 11.7. The van der Waals surface area contributed by atoms with Crippen molar-refractivity contribution < 1.29 is 14.4 Å². The van der Waals surface area contributed by atoms with E-state index in [4.69, 9.17) is 5.73 Å². The highest BCUT2D eigenvalue weighted by atomic mass is 32.1. The van der Waals surface area contributed by atoms with Gasteiger partial charge in [-0.05, 0) is 30.0 Å². The maximum atomic E-state index is 12.5. The number of nitrogens with two attached hydrogens (primary N) is 1. The number of primary amides is 1. The molecule has 1 unspecified atom stereocenters. The van der Waals surface area contributed by atoms with Crippen molar-refractivity contribution in [3.05, 3.63) is 58.0 Å². The van der Waals surface area contributed by atoms with Gasteiger partial charge in [-0.1, -0.05) is 24.0 Å². The molecule has 0 spiro atoms. The monoisotopic (exact) mass is 426 g/mol. The number of thiazole rings is 1. The van der Waals surface area contributed by atoms with E-state index < -0.39 is 5.91 Å². The third kappa shape index (κ3) is 4.64. The quantitative estimate of drug-likeness (QED) is 0.441. The summed E-state index contributed by atoms with van der Waals surface area (Å²) < 4.78 is 0. The second-order valence-electron chi connectivity index (χ2n) is 6.31. The number of nitrogens with one attached hydrogen (secondary N) is 1. The van der Waals surface area contributed by atoms with Crippen molar-refractivity contribution in [1.29, 1.82) is 0 Å². The molecule has 3 aromatic rings. The summed E-state index contributed by atoms with van der Waals surface area (Å²) in [6, 6.07) is 5.44. The third-order valence-corrected chi connectivity index (χ3v) is 6.36. The van der Waals surface area contributed by atoms with Crippen LogP contribution in [0.4, 0.5) is 5.13 Å². The minimum Gasteiger partial charge on any atom is -0.366 e. The lowest BCUT2D eigenvalue weighted by atomic mass is 10.1. The van der Waals surface area contributed by atoms with Crippen molar-refractivity contribution >= 4 is 51.0 Å². The fourth-order valence-corrected chi connectivity index (χ4v) is 4.13. The number of hydrogen-bond acceptors (Lipinski definition) is 7. The molecule has 3 aromatic heterocycles. The van der Waals surface area contributed by atoms with Crippen LogP contribution in [0.25, 0.3) is 16.7 Å². The molecule has 7 nitrogen and oxygen atoms in total. The number of pyridine rings is 1. The van der Waals surface area contributed by atoms with Crippen LogP contribution in [0.1, 0.15) is 40.0 Å².